The van der Waals surface area contributed by atoms with Gasteiger partial charge in [0.05, 0.1) is 19.6 Å². The molecular formula is C13H22O4. The zero-order chi connectivity index (χ0) is 12.8. The lowest BCUT2D eigenvalue weighted by Crippen LogP contribution is -2.32. The summed E-state index contributed by atoms with van der Waals surface area (Å²) in [5, 5.41) is 0. The topological polar surface area (TPSA) is 52.6 Å². The predicted octanol–water partition coefficient (Wildman–Crippen LogP) is 1.82. The molecule has 0 N–H and O–H groups in total. The van der Waals surface area contributed by atoms with Gasteiger partial charge in [0.1, 0.15) is 5.78 Å². The Balaban J connectivity index is 2.62. The fourth-order valence-corrected chi connectivity index (χ4v) is 2.21. The molecule has 98 valence electrons. The summed E-state index contributed by atoms with van der Waals surface area (Å²) in [7, 11) is 0. The van der Waals surface area contributed by atoms with Gasteiger partial charge in [-0.2, -0.15) is 0 Å². The molecule has 1 rings (SSSR count). The van der Waals surface area contributed by atoms with Gasteiger partial charge < -0.3 is 9.47 Å². The SMILES string of the molecule is CCOC(=O)CC1CC(C)COCC(C)C1=O. The highest BCUT2D eigenvalue weighted by atomic mass is 16.5. The Morgan fingerprint density at radius 1 is 1.41 bits per heavy atom. The minimum atomic E-state index is -0.272. The van der Waals surface area contributed by atoms with Crippen molar-refractivity contribution in [2.75, 3.05) is 19.8 Å². The molecule has 1 fully saturated rings. The van der Waals surface area contributed by atoms with E-state index in [1.807, 2.05) is 13.8 Å². The molecular weight excluding hydrogens is 220 g/mol. The van der Waals surface area contributed by atoms with Gasteiger partial charge in [-0.1, -0.05) is 13.8 Å². The molecule has 0 amide bonds. The number of rotatable bonds is 3. The summed E-state index contributed by atoms with van der Waals surface area (Å²) < 4.78 is 10.3. The lowest BCUT2D eigenvalue weighted by Gasteiger charge is -2.26. The molecule has 4 nitrogen and oxygen atoms in total. The first kappa shape index (κ1) is 14.2. The molecule has 1 saturated heterocycles. The number of esters is 1. The molecule has 1 aliphatic heterocycles. The van der Waals surface area contributed by atoms with Crippen molar-refractivity contribution in [1.82, 2.24) is 0 Å². The van der Waals surface area contributed by atoms with Crippen molar-refractivity contribution in [3.63, 3.8) is 0 Å². The summed E-state index contributed by atoms with van der Waals surface area (Å²) in [6.07, 6.45) is 0.920. The minimum absolute atomic E-state index is 0.123. The van der Waals surface area contributed by atoms with E-state index in [9.17, 15) is 9.59 Å². The summed E-state index contributed by atoms with van der Waals surface area (Å²) in [4.78, 5) is 23.6. The summed E-state index contributed by atoms with van der Waals surface area (Å²) in [6, 6.07) is 0. The van der Waals surface area contributed by atoms with E-state index in [-0.39, 0.29) is 30.0 Å². The minimum Gasteiger partial charge on any atom is -0.466 e. The number of carbonyl (C=O) groups excluding carboxylic acids is 2. The maximum absolute atomic E-state index is 12.1. The number of carbonyl (C=O) groups is 2. The summed E-state index contributed by atoms with van der Waals surface area (Å²) >= 11 is 0. The van der Waals surface area contributed by atoms with E-state index in [1.54, 1.807) is 6.92 Å². The average molecular weight is 242 g/mol. The number of ether oxygens (including phenoxy) is 2. The van der Waals surface area contributed by atoms with Crippen LogP contribution in [0.1, 0.15) is 33.6 Å². The van der Waals surface area contributed by atoms with Crippen molar-refractivity contribution in [3.05, 3.63) is 0 Å². The number of hydrogen-bond donors (Lipinski definition) is 0. The van der Waals surface area contributed by atoms with Crippen LogP contribution in [0.2, 0.25) is 0 Å². The molecule has 0 aromatic rings. The van der Waals surface area contributed by atoms with Crippen LogP contribution in [-0.4, -0.2) is 31.6 Å². The van der Waals surface area contributed by atoms with Gasteiger partial charge in [0, 0.05) is 18.4 Å². The monoisotopic (exact) mass is 242 g/mol. The molecule has 0 aromatic carbocycles. The predicted molar refractivity (Wildman–Crippen MR) is 63.5 cm³/mol. The molecule has 1 aliphatic rings. The molecule has 1 heterocycles. The quantitative estimate of drug-likeness (QED) is 0.708. The molecule has 4 heteroatoms. The highest BCUT2D eigenvalue weighted by Crippen LogP contribution is 2.24. The van der Waals surface area contributed by atoms with Crippen LogP contribution in [-0.2, 0) is 19.1 Å². The van der Waals surface area contributed by atoms with Crippen LogP contribution < -0.4 is 0 Å². The van der Waals surface area contributed by atoms with Crippen LogP contribution in [0.4, 0.5) is 0 Å². The Morgan fingerprint density at radius 3 is 2.76 bits per heavy atom. The fourth-order valence-electron chi connectivity index (χ4n) is 2.21. The van der Waals surface area contributed by atoms with Gasteiger partial charge >= 0.3 is 5.97 Å². The van der Waals surface area contributed by atoms with Crippen molar-refractivity contribution >= 4 is 11.8 Å². The van der Waals surface area contributed by atoms with Gasteiger partial charge in [-0.05, 0) is 19.3 Å². The highest BCUT2D eigenvalue weighted by Gasteiger charge is 2.30. The van der Waals surface area contributed by atoms with Crippen LogP contribution in [0.15, 0.2) is 0 Å². The summed E-state index contributed by atoms with van der Waals surface area (Å²) in [6.45, 7) is 7.17. The van der Waals surface area contributed by atoms with E-state index >= 15 is 0 Å². The normalized spacial score (nSPS) is 30.5. The number of Topliss-reactive ketones (excluding diaryl/α,β-unsaturated/α-hetero) is 1. The molecule has 0 saturated carbocycles. The van der Waals surface area contributed by atoms with E-state index in [0.717, 1.165) is 0 Å². The molecule has 3 atom stereocenters. The van der Waals surface area contributed by atoms with Crippen LogP contribution in [0, 0.1) is 17.8 Å². The number of hydrogen-bond acceptors (Lipinski definition) is 4. The third-order valence-electron chi connectivity index (χ3n) is 3.06. The Hall–Kier alpha value is -0.900. The van der Waals surface area contributed by atoms with Crippen molar-refractivity contribution in [1.29, 1.82) is 0 Å². The van der Waals surface area contributed by atoms with E-state index in [1.165, 1.54) is 0 Å². The molecule has 0 aromatic heterocycles. The van der Waals surface area contributed by atoms with Crippen molar-refractivity contribution in [2.45, 2.75) is 33.6 Å². The smallest absolute Gasteiger partial charge is 0.306 e. The van der Waals surface area contributed by atoms with Crippen LogP contribution in [0.5, 0.6) is 0 Å². The van der Waals surface area contributed by atoms with E-state index in [2.05, 4.69) is 0 Å². The lowest BCUT2D eigenvalue weighted by atomic mass is 9.84. The van der Waals surface area contributed by atoms with E-state index < -0.39 is 0 Å². The number of ketones is 1. The first-order valence-corrected chi connectivity index (χ1v) is 6.31. The molecule has 0 spiro atoms. The third-order valence-corrected chi connectivity index (χ3v) is 3.06. The van der Waals surface area contributed by atoms with Crippen LogP contribution in [0.25, 0.3) is 0 Å². The first-order chi connectivity index (χ1) is 8.04. The van der Waals surface area contributed by atoms with Crippen molar-refractivity contribution in [3.8, 4) is 0 Å². The zero-order valence-electron chi connectivity index (χ0n) is 10.9. The molecule has 0 aliphatic carbocycles. The third kappa shape index (κ3) is 4.46. The van der Waals surface area contributed by atoms with Crippen molar-refractivity contribution in [2.24, 2.45) is 17.8 Å². The Bertz CT molecular complexity index is 275. The lowest BCUT2D eigenvalue weighted by molar-refractivity contribution is -0.148. The average Bonchev–Trinajstić information content (AvgIpc) is 2.26. The second-order valence-corrected chi connectivity index (χ2v) is 4.89. The van der Waals surface area contributed by atoms with Gasteiger partial charge in [0.2, 0.25) is 0 Å². The van der Waals surface area contributed by atoms with Gasteiger partial charge in [0.15, 0.2) is 0 Å². The standard InChI is InChI=1S/C13H22O4/c1-4-17-12(14)6-11-5-9(2)7-16-8-10(3)13(11)15/h9-11H,4-8H2,1-3H3. The second-order valence-electron chi connectivity index (χ2n) is 4.89. The van der Waals surface area contributed by atoms with Gasteiger partial charge in [0.25, 0.3) is 0 Å². The fraction of sp³-hybridized carbons (Fsp3) is 0.846. The largest absolute Gasteiger partial charge is 0.466 e. The Morgan fingerprint density at radius 2 is 2.12 bits per heavy atom. The maximum atomic E-state index is 12.1. The Labute approximate surface area is 103 Å². The second kappa shape index (κ2) is 6.74. The van der Waals surface area contributed by atoms with Gasteiger partial charge in [-0.3, -0.25) is 9.59 Å². The molecule has 0 radical (unpaired) electrons. The van der Waals surface area contributed by atoms with Gasteiger partial charge in [-0.15, -0.1) is 0 Å². The summed E-state index contributed by atoms with van der Waals surface area (Å²) in [5.74, 6) is -0.160. The Kier molecular flexibility index (Phi) is 5.62. The zero-order valence-corrected chi connectivity index (χ0v) is 10.9. The van der Waals surface area contributed by atoms with Crippen molar-refractivity contribution < 1.29 is 19.1 Å². The highest BCUT2D eigenvalue weighted by molar-refractivity contribution is 5.87. The molecule has 0 bridgehead atoms. The summed E-state index contributed by atoms with van der Waals surface area (Å²) in [5.41, 5.74) is 0. The molecule has 3 unspecified atom stereocenters. The van der Waals surface area contributed by atoms with Gasteiger partial charge in [-0.25, -0.2) is 0 Å². The van der Waals surface area contributed by atoms with E-state index in [4.69, 9.17) is 9.47 Å². The maximum Gasteiger partial charge on any atom is 0.306 e. The van der Waals surface area contributed by atoms with Crippen LogP contribution >= 0.6 is 0 Å². The first-order valence-electron chi connectivity index (χ1n) is 6.31. The van der Waals surface area contributed by atoms with E-state index in [0.29, 0.717) is 32.2 Å². The molecule has 17 heavy (non-hydrogen) atoms. The van der Waals surface area contributed by atoms with Crippen LogP contribution in [0.3, 0.4) is 0 Å².